The number of allylic oxidation sites excluding steroid dienone is 4. The van der Waals surface area contributed by atoms with Gasteiger partial charge in [0.15, 0.2) is 0 Å². The second-order valence-electron chi connectivity index (χ2n) is 8.17. The number of methoxy groups -OCH3 is 1. The number of guanidine groups is 1. The van der Waals surface area contributed by atoms with Crippen LogP contribution in [-0.2, 0) is 18.3 Å². The minimum atomic E-state index is -4.83. The topological polar surface area (TPSA) is 134 Å². The van der Waals surface area contributed by atoms with Gasteiger partial charge in [-0.3, -0.25) is 10.1 Å². The van der Waals surface area contributed by atoms with Crippen molar-refractivity contribution in [2.45, 2.75) is 19.8 Å². The molecule has 0 bridgehead atoms. The van der Waals surface area contributed by atoms with Gasteiger partial charge in [0.1, 0.15) is 17.0 Å². The number of fused-ring (bicyclic) bond motifs is 1. The van der Waals surface area contributed by atoms with Gasteiger partial charge in [-0.25, -0.2) is 4.99 Å². The molecule has 5 N–H and O–H groups in total. The number of ether oxygens (including phenoxy) is 2. The third-order valence-electron chi connectivity index (χ3n) is 5.45. The molecular formula is C26H27ClF3N7O3. The van der Waals surface area contributed by atoms with E-state index in [1.165, 1.54) is 31.5 Å². The summed E-state index contributed by atoms with van der Waals surface area (Å²) in [4.78, 5) is 16.8. The largest absolute Gasteiger partial charge is 0.573 e. The van der Waals surface area contributed by atoms with Crippen molar-refractivity contribution in [2.24, 2.45) is 28.7 Å². The normalized spacial score (nSPS) is 13.5. The molecule has 40 heavy (non-hydrogen) atoms. The van der Waals surface area contributed by atoms with Crippen molar-refractivity contribution in [1.29, 1.82) is 0 Å². The number of benzene rings is 2. The summed E-state index contributed by atoms with van der Waals surface area (Å²) in [6, 6.07) is 10.1. The van der Waals surface area contributed by atoms with E-state index in [1.54, 1.807) is 54.9 Å². The number of aryl methyl sites for hydroxylation is 1. The van der Waals surface area contributed by atoms with E-state index in [0.29, 0.717) is 39.5 Å². The first-order valence-electron chi connectivity index (χ1n) is 11.6. The van der Waals surface area contributed by atoms with Gasteiger partial charge in [0.05, 0.1) is 19.2 Å². The third-order valence-corrected chi connectivity index (χ3v) is 5.66. The number of amides is 1. The molecular weight excluding hydrogens is 551 g/mol. The van der Waals surface area contributed by atoms with Gasteiger partial charge >= 0.3 is 6.36 Å². The summed E-state index contributed by atoms with van der Waals surface area (Å²) >= 11 is 6.35. The average Bonchev–Trinajstić information content (AvgIpc) is 3.15. The lowest BCUT2D eigenvalue weighted by molar-refractivity contribution is -0.303. The molecule has 0 radical (unpaired) electrons. The fraction of sp³-hybridized carbons (Fsp3) is 0.192. The number of hydrogen-bond donors (Lipinski definition) is 3. The molecule has 0 unspecified atom stereocenters. The van der Waals surface area contributed by atoms with Crippen molar-refractivity contribution in [3.8, 4) is 5.75 Å². The maximum Gasteiger partial charge on any atom is 0.573 e. The Kier molecular flexibility index (Phi) is 9.67. The number of nitrogens with one attached hydrogen (secondary N) is 1. The molecule has 0 fully saturated rings. The quantitative estimate of drug-likeness (QED) is 0.0928. The van der Waals surface area contributed by atoms with Gasteiger partial charge in [-0.1, -0.05) is 29.8 Å². The van der Waals surface area contributed by atoms with E-state index in [9.17, 15) is 18.0 Å². The second kappa shape index (κ2) is 12.9. The Balaban J connectivity index is 2.07. The molecule has 0 aliphatic heterocycles. The zero-order chi connectivity index (χ0) is 29.4. The number of hydrogen-bond acceptors (Lipinski definition) is 6. The van der Waals surface area contributed by atoms with Gasteiger partial charge in [0, 0.05) is 29.9 Å². The monoisotopic (exact) mass is 577 g/mol. The van der Waals surface area contributed by atoms with Crippen molar-refractivity contribution in [3.63, 3.8) is 0 Å². The molecule has 0 spiro atoms. The van der Waals surface area contributed by atoms with Gasteiger partial charge < -0.3 is 30.2 Å². The standard InChI is InChI=1S/C26H27ClF3N7O3/c1-4-6-19(40-26(28,29)30)7-5-12-33-25-36(2)22-20(13-18(27)14-21(22)39-3)37(25)15-16-8-10-17(11-9-16)23(38)34-24(31)35-32/h4-14H,15,32H2,1-3H3,(H3,31,34,35,38)/b6-4-,12-5+,19-7+,33-25?. The molecule has 3 aromatic rings. The first kappa shape index (κ1) is 29.9. The first-order chi connectivity index (χ1) is 19.0. The number of aromatic nitrogens is 2. The molecule has 0 aliphatic carbocycles. The van der Waals surface area contributed by atoms with E-state index in [1.807, 2.05) is 4.57 Å². The van der Waals surface area contributed by atoms with Gasteiger partial charge in [0.25, 0.3) is 5.91 Å². The predicted octanol–water partition coefficient (Wildman–Crippen LogP) is 4.02. The zero-order valence-electron chi connectivity index (χ0n) is 21.7. The van der Waals surface area contributed by atoms with Crippen LogP contribution in [0.4, 0.5) is 13.2 Å². The van der Waals surface area contributed by atoms with Crippen LogP contribution in [0.2, 0.25) is 5.02 Å². The smallest absolute Gasteiger partial charge is 0.494 e. The predicted molar refractivity (Wildman–Crippen MR) is 146 cm³/mol. The Morgan fingerprint density at radius 3 is 2.52 bits per heavy atom. The van der Waals surface area contributed by atoms with Crippen LogP contribution in [-0.4, -0.2) is 34.5 Å². The van der Waals surface area contributed by atoms with Crippen LogP contribution in [0.5, 0.6) is 5.75 Å². The zero-order valence-corrected chi connectivity index (χ0v) is 22.5. The van der Waals surface area contributed by atoms with Crippen LogP contribution in [0.1, 0.15) is 22.8 Å². The SMILES string of the molecule is C\C=C/C(=C\C=C\N=c1n(C)c2c(OC)cc(Cl)cc2n1Cc1ccc(C(=O)N/C(N)=N/N)cc1)OC(F)(F)F. The number of alkyl halides is 3. The summed E-state index contributed by atoms with van der Waals surface area (Å²) < 4.78 is 51.2. The van der Waals surface area contributed by atoms with E-state index in [2.05, 4.69) is 20.1 Å². The minimum Gasteiger partial charge on any atom is -0.494 e. The van der Waals surface area contributed by atoms with Crippen molar-refractivity contribution < 1.29 is 27.4 Å². The van der Waals surface area contributed by atoms with Crippen LogP contribution < -0.4 is 27.2 Å². The number of rotatable bonds is 8. The lowest BCUT2D eigenvalue weighted by Crippen LogP contribution is -2.37. The van der Waals surface area contributed by atoms with Crippen molar-refractivity contribution in [2.75, 3.05) is 7.11 Å². The number of imidazole rings is 1. The summed E-state index contributed by atoms with van der Waals surface area (Å²) in [5.41, 5.74) is 8.42. The van der Waals surface area contributed by atoms with Gasteiger partial charge in [-0.05, 0) is 48.9 Å². The van der Waals surface area contributed by atoms with E-state index >= 15 is 0 Å². The molecule has 1 amide bonds. The molecule has 1 aromatic heterocycles. The maximum absolute atomic E-state index is 12.7. The molecule has 1 heterocycles. The highest BCUT2D eigenvalue weighted by Crippen LogP contribution is 2.29. The number of halogens is 4. The van der Waals surface area contributed by atoms with Crippen LogP contribution in [0.15, 0.2) is 82.8 Å². The Morgan fingerprint density at radius 2 is 1.93 bits per heavy atom. The molecule has 0 saturated heterocycles. The van der Waals surface area contributed by atoms with Gasteiger partial charge in [-0.15, -0.1) is 18.3 Å². The highest BCUT2D eigenvalue weighted by Gasteiger charge is 2.31. The van der Waals surface area contributed by atoms with Crippen LogP contribution in [0.25, 0.3) is 11.0 Å². The Bertz CT molecular complexity index is 1570. The summed E-state index contributed by atoms with van der Waals surface area (Å²) in [5.74, 6) is 4.46. The average molecular weight is 578 g/mol. The van der Waals surface area contributed by atoms with Gasteiger partial charge in [0.2, 0.25) is 11.6 Å². The van der Waals surface area contributed by atoms with E-state index in [0.717, 1.165) is 11.6 Å². The molecule has 14 heteroatoms. The number of hydrazone groups is 1. The summed E-state index contributed by atoms with van der Waals surface area (Å²) in [6.07, 6.45) is 1.60. The fourth-order valence-corrected chi connectivity index (χ4v) is 4.00. The minimum absolute atomic E-state index is 0.219. The fourth-order valence-electron chi connectivity index (χ4n) is 3.79. The van der Waals surface area contributed by atoms with Crippen molar-refractivity contribution in [1.82, 2.24) is 14.5 Å². The molecule has 212 valence electrons. The Morgan fingerprint density at radius 1 is 1.23 bits per heavy atom. The van der Waals surface area contributed by atoms with Crippen molar-refractivity contribution >= 4 is 34.5 Å². The van der Waals surface area contributed by atoms with E-state index < -0.39 is 18.0 Å². The molecule has 2 aromatic carbocycles. The number of carbonyl (C=O) groups is 1. The molecule has 0 atom stereocenters. The van der Waals surface area contributed by atoms with Gasteiger partial charge in [-0.2, -0.15) is 0 Å². The third kappa shape index (κ3) is 7.47. The maximum atomic E-state index is 12.7. The second-order valence-corrected chi connectivity index (χ2v) is 8.61. The molecule has 0 saturated carbocycles. The van der Waals surface area contributed by atoms with E-state index in [4.69, 9.17) is 27.9 Å². The molecule has 3 rings (SSSR count). The summed E-state index contributed by atoms with van der Waals surface area (Å²) in [7, 11) is 3.28. The lowest BCUT2D eigenvalue weighted by atomic mass is 10.1. The highest BCUT2D eigenvalue weighted by atomic mass is 35.5. The molecule has 0 aliphatic rings. The van der Waals surface area contributed by atoms with Crippen LogP contribution in [0, 0.1) is 0 Å². The van der Waals surface area contributed by atoms with Crippen LogP contribution >= 0.6 is 11.6 Å². The lowest BCUT2D eigenvalue weighted by Gasteiger charge is -2.08. The number of nitrogens with two attached hydrogens (primary N) is 2. The Labute approximate surface area is 232 Å². The van der Waals surface area contributed by atoms with E-state index in [-0.39, 0.29) is 5.96 Å². The Hall–Kier alpha value is -4.65. The summed E-state index contributed by atoms with van der Waals surface area (Å²) in [5, 5.41) is 5.99. The highest BCUT2D eigenvalue weighted by molar-refractivity contribution is 6.31. The number of nitrogens with zero attached hydrogens (tertiary/aromatic N) is 4. The number of carbonyl (C=O) groups excluding carboxylic acids is 1. The van der Waals surface area contributed by atoms with Crippen molar-refractivity contribution in [3.05, 3.63) is 94.4 Å². The van der Waals surface area contributed by atoms with Crippen LogP contribution in [0.3, 0.4) is 0 Å². The summed E-state index contributed by atoms with van der Waals surface area (Å²) in [6.45, 7) is 1.88. The molecule has 10 nitrogen and oxygen atoms in total. The first-order valence-corrected chi connectivity index (χ1v) is 12.0.